The predicted molar refractivity (Wildman–Crippen MR) is 73.6 cm³/mol. The molecule has 3 nitrogen and oxygen atoms in total. The van der Waals surface area contributed by atoms with Gasteiger partial charge in [0.25, 0.3) is 0 Å². The summed E-state index contributed by atoms with van der Waals surface area (Å²) < 4.78 is 36.1. The number of hydrogen-bond donors (Lipinski definition) is 1. The van der Waals surface area contributed by atoms with Gasteiger partial charge in [-0.15, -0.1) is 0 Å². The molecule has 0 saturated carbocycles. The van der Waals surface area contributed by atoms with E-state index in [1.807, 2.05) is 30.3 Å². The van der Waals surface area contributed by atoms with Crippen LogP contribution in [0.25, 0.3) is 0 Å². The summed E-state index contributed by atoms with van der Waals surface area (Å²) in [4.78, 5) is 13.7. The molecule has 0 radical (unpaired) electrons. The fourth-order valence-corrected chi connectivity index (χ4v) is 2.43. The molecule has 1 heterocycles. The topological polar surface area (TPSA) is 32.3 Å². The van der Waals surface area contributed by atoms with Crippen LogP contribution in [0.3, 0.4) is 0 Å². The molecule has 1 aromatic carbocycles. The molecule has 1 aliphatic rings. The third-order valence-electron chi connectivity index (χ3n) is 3.56. The van der Waals surface area contributed by atoms with Gasteiger partial charge in [0.2, 0.25) is 5.91 Å². The maximum atomic E-state index is 12.1. The van der Waals surface area contributed by atoms with Crippen molar-refractivity contribution in [1.82, 2.24) is 10.2 Å². The Morgan fingerprint density at radius 3 is 2.57 bits per heavy atom. The van der Waals surface area contributed by atoms with Crippen LogP contribution in [0.15, 0.2) is 30.3 Å². The lowest BCUT2D eigenvalue weighted by atomic mass is 10.1. The van der Waals surface area contributed by atoms with Gasteiger partial charge in [0.05, 0.1) is 12.7 Å². The molecule has 1 amide bonds. The van der Waals surface area contributed by atoms with Crippen molar-refractivity contribution in [1.29, 1.82) is 0 Å². The molecule has 1 saturated heterocycles. The van der Waals surface area contributed by atoms with Crippen molar-refractivity contribution in [3.63, 3.8) is 0 Å². The van der Waals surface area contributed by atoms with Gasteiger partial charge in [-0.1, -0.05) is 30.3 Å². The minimum absolute atomic E-state index is 0.0224. The Balaban J connectivity index is 1.74. The van der Waals surface area contributed by atoms with E-state index in [0.29, 0.717) is 26.1 Å². The van der Waals surface area contributed by atoms with Crippen molar-refractivity contribution in [3.05, 3.63) is 35.9 Å². The molecule has 0 aromatic heterocycles. The zero-order valence-electron chi connectivity index (χ0n) is 11.7. The number of alkyl halides is 3. The normalized spacial score (nSPS) is 19.3. The quantitative estimate of drug-likeness (QED) is 0.819. The summed E-state index contributed by atoms with van der Waals surface area (Å²) in [6, 6.07) is 9.41. The largest absolute Gasteiger partial charge is 0.389 e. The summed E-state index contributed by atoms with van der Waals surface area (Å²) in [5.41, 5.74) is 1.07. The van der Waals surface area contributed by atoms with Crippen molar-refractivity contribution in [3.8, 4) is 0 Å². The fraction of sp³-hybridized carbons (Fsp3) is 0.533. The molecule has 1 unspecified atom stereocenters. The standard InChI is InChI=1S/C15H19F3N2O/c16-15(17,18)8-4-5-9-20-11-19-13(14(20)21)10-12-6-2-1-3-7-12/h1-3,6-7,13,19H,4-5,8-11H2. The fourth-order valence-electron chi connectivity index (χ4n) is 2.43. The van der Waals surface area contributed by atoms with Gasteiger partial charge >= 0.3 is 6.18 Å². The number of halogens is 3. The number of hydrogen-bond acceptors (Lipinski definition) is 2. The van der Waals surface area contributed by atoms with Crippen LogP contribution in [0, 0.1) is 0 Å². The first kappa shape index (κ1) is 15.8. The molecule has 1 aromatic rings. The SMILES string of the molecule is O=C1C(Cc2ccccc2)NCN1CCCCC(F)(F)F. The van der Waals surface area contributed by atoms with Gasteiger partial charge in [-0.25, -0.2) is 0 Å². The third-order valence-corrected chi connectivity index (χ3v) is 3.56. The van der Waals surface area contributed by atoms with Crippen LogP contribution < -0.4 is 5.32 Å². The first-order chi connectivity index (χ1) is 9.96. The number of unbranched alkanes of at least 4 members (excludes halogenated alkanes) is 1. The van der Waals surface area contributed by atoms with Crippen molar-refractivity contribution in [2.75, 3.05) is 13.2 Å². The Kier molecular flexibility index (Phi) is 5.22. The van der Waals surface area contributed by atoms with E-state index in [1.165, 1.54) is 0 Å². The maximum Gasteiger partial charge on any atom is 0.389 e. The van der Waals surface area contributed by atoms with Crippen LogP contribution in [0.2, 0.25) is 0 Å². The van der Waals surface area contributed by atoms with E-state index in [0.717, 1.165) is 5.56 Å². The molecule has 1 fully saturated rings. The van der Waals surface area contributed by atoms with E-state index >= 15 is 0 Å². The highest BCUT2D eigenvalue weighted by atomic mass is 19.4. The predicted octanol–water partition coefficient (Wildman–Crippen LogP) is 2.72. The lowest BCUT2D eigenvalue weighted by molar-refractivity contribution is -0.136. The molecule has 0 bridgehead atoms. The second-order valence-corrected chi connectivity index (χ2v) is 5.28. The average Bonchev–Trinajstić information content (AvgIpc) is 2.76. The van der Waals surface area contributed by atoms with E-state index in [4.69, 9.17) is 0 Å². The van der Waals surface area contributed by atoms with Gasteiger partial charge in [0.1, 0.15) is 0 Å². The first-order valence-corrected chi connectivity index (χ1v) is 7.08. The van der Waals surface area contributed by atoms with Crippen LogP contribution in [-0.2, 0) is 11.2 Å². The van der Waals surface area contributed by atoms with E-state index < -0.39 is 12.6 Å². The summed E-state index contributed by atoms with van der Waals surface area (Å²) in [7, 11) is 0. The van der Waals surface area contributed by atoms with Crippen LogP contribution in [0.5, 0.6) is 0 Å². The van der Waals surface area contributed by atoms with E-state index in [-0.39, 0.29) is 18.4 Å². The second-order valence-electron chi connectivity index (χ2n) is 5.28. The number of rotatable bonds is 6. The van der Waals surface area contributed by atoms with Crippen LogP contribution in [0.4, 0.5) is 13.2 Å². The highest BCUT2D eigenvalue weighted by Gasteiger charge is 2.31. The van der Waals surface area contributed by atoms with Crippen LogP contribution >= 0.6 is 0 Å². The molecular weight excluding hydrogens is 281 g/mol. The minimum Gasteiger partial charge on any atom is -0.329 e. The number of carbonyl (C=O) groups is 1. The molecule has 21 heavy (non-hydrogen) atoms. The van der Waals surface area contributed by atoms with E-state index in [9.17, 15) is 18.0 Å². The lowest BCUT2D eigenvalue weighted by Gasteiger charge is -2.15. The number of carbonyl (C=O) groups excluding carboxylic acids is 1. The van der Waals surface area contributed by atoms with Gasteiger partial charge in [-0.2, -0.15) is 13.2 Å². The first-order valence-electron chi connectivity index (χ1n) is 7.08. The van der Waals surface area contributed by atoms with Crippen molar-refractivity contribution in [2.45, 2.75) is 37.9 Å². The molecule has 0 aliphatic carbocycles. The van der Waals surface area contributed by atoms with Gasteiger partial charge in [-0.05, 0) is 24.8 Å². The smallest absolute Gasteiger partial charge is 0.329 e. The van der Waals surface area contributed by atoms with E-state index in [2.05, 4.69) is 5.32 Å². The third kappa shape index (κ3) is 5.04. The number of amides is 1. The average molecular weight is 300 g/mol. The lowest BCUT2D eigenvalue weighted by Crippen LogP contribution is -2.32. The molecule has 1 N–H and O–H groups in total. The Hall–Kier alpha value is -1.56. The van der Waals surface area contributed by atoms with Crippen molar-refractivity contribution < 1.29 is 18.0 Å². The second kappa shape index (κ2) is 6.93. The zero-order valence-corrected chi connectivity index (χ0v) is 11.7. The maximum absolute atomic E-state index is 12.1. The minimum atomic E-state index is -4.11. The number of benzene rings is 1. The summed E-state index contributed by atoms with van der Waals surface area (Å²) in [5.74, 6) is -0.0224. The van der Waals surface area contributed by atoms with Gasteiger partial charge in [-0.3, -0.25) is 10.1 Å². The van der Waals surface area contributed by atoms with Crippen molar-refractivity contribution >= 4 is 5.91 Å². The molecule has 1 aliphatic heterocycles. The Bertz CT molecular complexity index is 462. The Morgan fingerprint density at radius 1 is 1.19 bits per heavy atom. The van der Waals surface area contributed by atoms with Crippen LogP contribution in [0.1, 0.15) is 24.8 Å². The Labute approximate surface area is 122 Å². The van der Waals surface area contributed by atoms with Crippen LogP contribution in [-0.4, -0.2) is 36.2 Å². The highest BCUT2D eigenvalue weighted by molar-refractivity contribution is 5.84. The molecule has 0 spiro atoms. The molecule has 116 valence electrons. The summed E-state index contributed by atoms with van der Waals surface area (Å²) >= 11 is 0. The summed E-state index contributed by atoms with van der Waals surface area (Å²) in [6.07, 6.45) is -3.83. The van der Waals surface area contributed by atoms with Gasteiger partial charge < -0.3 is 4.90 Å². The van der Waals surface area contributed by atoms with E-state index in [1.54, 1.807) is 4.90 Å². The van der Waals surface area contributed by atoms with Gasteiger partial charge in [0, 0.05) is 13.0 Å². The summed E-state index contributed by atoms with van der Waals surface area (Å²) in [6.45, 7) is 0.801. The number of nitrogens with zero attached hydrogens (tertiary/aromatic N) is 1. The Morgan fingerprint density at radius 2 is 1.90 bits per heavy atom. The monoisotopic (exact) mass is 300 g/mol. The summed E-state index contributed by atoms with van der Waals surface area (Å²) in [5, 5.41) is 3.12. The number of nitrogens with one attached hydrogen (secondary N) is 1. The molecule has 1 atom stereocenters. The highest BCUT2D eigenvalue weighted by Crippen LogP contribution is 2.22. The molecular formula is C15H19F3N2O. The molecule has 6 heteroatoms. The van der Waals surface area contributed by atoms with Gasteiger partial charge in [0.15, 0.2) is 0 Å². The molecule has 2 rings (SSSR count). The van der Waals surface area contributed by atoms with Crippen molar-refractivity contribution in [2.24, 2.45) is 0 Å². The zero-order chi connectivity index (χ0) is 15.3.